The Hall–Kier alpha value is -2.16. The van der Waals surface area contributed by atoms with Crippen molar-refractivity contribution in [3.8, 4) is 0 Å². The molecule has 102 valence electrons. The van der Waals surface area contributed by atoms with Gasteiger partial charge >= 0.3 is 0 Å². The van der Waals surface area contributed by atoms with E-state index in [-0.39, 0.29) is 0 Å². The Kier molecular flexibility index (Phi) is 3.50. The number of hydrogen-bond acceptors (Lipinski definition) is 2. The van der Waals surface area contributed by atoms with E-state index in [0.29, 0.717) is 0 Å². The average Bonchev–Trinajstić information content (AvgIpc) is 2.80. The standard InChI is InChI=1S/C17H19N3/c1-3-11-20-16(12-14-8-6-13(2)7-9-14)19-15-5-4-10-18-17(15)20/h4-10H,3,11-12H2,1-2H3. The predicted molar refractivity (Wildman–Crippen MR) is 81.8 cm³/mol. The first-order valence-corrected chi connectivity index (χ1v) is 7.13. The monoisotopic (exact) mass is 265 g/mol. The number of aryl methyl sites for hydroxylation is 2. The van der Waals surface area contributed by atoms with Crippen LogP contribution in [0.4, 0.5) is 0 Å². The lowest BCUT2D eigenvalue weighted by molar-refractivity contribution is 0.659. The molecule has 0 aliphatic carbocycles. The molecule has 0 spiro atoms. The number of rotatable bonds is 4. The molecule has 0 atom stereocenters. The molecule has 3 heteroatoms. The van der Waals surface area contributed by atoms with E-state index in [1.807, 2.05) is 18.3 Å². The highest BCUT2D eigenvalue weighted by atomic mass is 15.1. The van der Waals surface area contributed by atoms with E-state index in [0.717, 1.165) is 36.4 Å². The van der Waals surface area contributed by atoms with Crippen LogP contribution in [0.2, 0.25) is 0 Å². The van der Waals surface area contributed by atoms with Gasteiger partial charge in [0.25, 0.3) is 0 Å². The largest absolute Gasteiger partial charge is 0.312 e. The smallest absolute Gasteiger partial charge is 0.159 e. The minimum atomic E-state index is 0.858. The second-order valence-electron chi connectivity index (χ2n) is 5.19. The molecule has 0 aliphatic rings. The molecule has 0 saturated heterocycles. The maximum Gasteiger partial charge on any atom is 0.159 e. The molecule has 3 aromatic rings. The molecular weight excluding hydrogens is 246 g/mol. The summed E-state index contributed by atoms with van der Waals surface area (Å²) in [7, 11) is 0. The van der Waals surface area contributed by atoms with E-state index in [2.05, 4.69) is 47.7 Å². The van der Waals surface area contributed by atoms with Crippen LogP contribution in [0.1, 0.15) is 30.3 Å². The Morgan fingerprint density at radius 3 is 2.65 bits per heavy atom. The quantitative estimate of drug-likeness (QED) is 0.719. The van der Waals surface area contributed by atoms with Crippen LogP contribution in [0.5, 0.6) is 0 Å². The summed E-state index contributed by atoms with van der Waals surface area (Å²) in [5, 5.41) is 0. The van der Waals surface area contributed by atoms with Crippen molar-refractivity contribution in [2.45, 2.75) is 33.2 Å². The molecule has 20 heavy (non-hydrogen) atoms. The third kappa shape index (κ3) is 2.44. The second kappa shape index (κ2) is 5.45. The summed E-state index contributed by atoms with van der Waals surface area (Å²) in [6.07, 6.45) is 3.78. The molecule has 0 bridgehead atoms. The van der Waals surface area contributed by atoms with Crippen molar-refractivity contribution in [3.63, 3.8) is 0 Å². The van der Waals surface area contributed by atoms with Gasteiger partial charge in [0.15, 0.2) is 5.65 Å². The zero-order valence-corrected chi connectivity index (χ0v) is 12.0. The van der Waals surface area contributed by atoms with Crippen LogP contribution >= 0.6 is 0 Å². The zero-order chi connectivity index (χ0) is 13.9. The number of hydrogen-bond donors (Lipinski definition) is 0. The fraction of sp³-hybridized carbons (Fsp3) is 0.294. The Labute approximate surface area is 119 Å². The van der Waals surface area contributed by atoms with Crippen LogP contribution in [0.3, 0.4) is 0 Å². The Bertz CT molecular complexity index is 711. The molecule has 2 aromatic heterocycles. The first-order chi connectivity index (χ1) is 9.78. The molecule has 3 nitrogen and oxygen atoms in total. The molecule has 0 radical (unpaired) electrons. The highest BCUT2D eigenvalue weighted by Gasteiger charge is 2.11. The minimum absolute atomic E-state index is 0.858. The topological polar surface area (TPSA) is 30.7 Å². The molecule has 0 saturated carbocycles. The van der Waals surface area contributed by atoms with E-state index in [9.17, 15) is 0 Å². The summed E-state index contributed by atoms with van der Waals surface area (Å²) < 4.78 is 2.25. The predicted octanol–water partition coefficient (Wildman–Crippen LogP) is 3.74. The molecular formula is C17H19N3. The van der Waals surface area contributed by atoms with Gasteiger partial charge in [0.05, 0.1) is 0 Å². The number of benzene rings is 1. The first-order valence-electron chi connectivity index (χ1n) is 7.13. The SMILES string of the molecule is CCCn1c(Cc2ccc(C)cc2)nc2cccnc21. The van der Waals surface area contributed by atoms with Crippen molar-refractivity contribution in [2.75, 3.05) is 0 Å². The fourth-order valence-corrected chi connectivity index (χ4v) is 2.49. The van der Waals surface area contributed by atoms with Crippen LogP contribution in [0.15, 0.2) is 42.6 Å². The number of fused-ring (bicyclic) bond motifs is 1. The van der Waals surface area contributed by atoms with Crippen LogP contribution in [0, 0.1) is 6.92 Å². The molecule has 0 N–H and O–H groups in total. The molecule has 3 rings (SSSR count). The van der Waals surface area contributed by atoms with Crippen LogP contribution < -0.4 is 0 Å². The molecule has 0 unspecified atom stereocenters. The minimum Gasteiger partial charge on any atom is -0.312 e. The lowest BCUT2D eigenvalue weighted by Gasteiger charge is -2.07. The number of pyridine rings is 1. The normalized spacial score (nSPS) is 11.1. The van der Waals surface area contributed by atoms with Gasteiger partial charge in [0, 0.05) is 19.2 Å². The molecule has 1 aromatic carbocycles. The summed E-state index contributed by atoms with van der Waals surface area (Å²) in [5.74, 6) is 1.10. The summed E-state index contributed by atoms with van der Waals surface area (Å²) in [6.45, 7) is 5.26. The van der Waals surface area contributed by atoms with Crippen molar-refractivity contribution in [3.05, 3.63) is 59.5 Å². The zero-order valence-electron chi connectivity index (χ0n) is 12.0. The number of nitrogens with zero attached hydrogens (tertiary/aromatic N) is 3. The number of imidazole rings is 1. The molecule has 0 fully saturated rings. The summed E-state index contributed by atoms with van der Waals surface area (Å²) in [5.41, 5.74) is 4.57. The second-order valence-corrected chi connectivity index (χ2v) is 5.19. The van der Waals surface area contributed by atoms with Gasteiger partial charge in [0.1, 0.15) is 11.3 Å². The third-order valence-corrected chi connectivity index (χ3v) is 3.51. The summed E-state index contributed by atoms with van der Waals surface area (Å²) in [6, 6.07) is 12.6. The number of aromatic nitrogens is 3. The fourth-order valence-electron chi connectivity index (χ4n) is 2.49. The van der Waals surface area contributed by atoms with Crippen LogP contribution in [-0.2, 0) is 13.0 Å². The van der Waals surface area contributed by atoms with Gasteiger partial charge in [-0.1, -0.05) is 36.8 Å². The summed E-state index contributed by atoms with van der Waals surface area (Å²) in [4.78, 5) is 9.23. The van der Waals surface area contributed by atoms with E-state index in [1.165, 1.54) is 11.1 Å². The van der Waals surface area contributed by atoms with Crippen molar-refractivity contribution in [2.24, 2.45) is 0 Å². The van der Waals surface area contributed by atoms with Crippen LogP contribution in [0.25, 0.3) is 11.2 Å². The Balaban J connectivity index is 2.01. The molecule has 0 amide bonds. The molecule has 2 heterocycles. The van der Waals surface area contributed by atoms with Gasteiger partial charge in [0.2, 0.25) is 0 Å². The maximum absolute atomic E-state index is 4.75. The van der Waals surface area contributed by atoms with Crippen LogP contribution in [-0.4, -0.2) is 14.5 Å². The maximum atomic E-state index is 4.75. The van der Waals surface area contributed by atoms with Crippen molar-refractivity contribution in [1.82, 2.24) is 14.5 Å². The van der Waals surface area contributed by atoms with Gasteiger partial charge in [-0.3, -0.25) is 0 Å². The average molecular weight is 265 g/mol. The van der Waals surface area contributed by atoms with E-state index in [4.69, 9.17) is 4.98 Å². The van der Waals surface area contributed by atoms with Crippen molar-refractivity contribution < 1.29 is 0 Å². The van der Waals surface area contributed by atoms with Gasteiger partial charge < -0.3 is 4.57 Å². The Morgan fingerprint density at radius 1 is 1.10 bits per heavy atom. The highest BCUT2D eigenvalue weighted by molar-refractivity contribution is 5.71. The van der Waals surface area contributed by atoms with Gasteiger partial charge in [-0.25, -0.2) is 9.97 Å². The molecule has 0 aliphatic heterocycles. The third-order valence-electron chi connectivity index (χ3n) is 3.51. The van der Waals surface area contributed by atoms with Gasteiger partial charge in [-0.15, -0.1) is 0 Å². The summed E-state index contributed by atoms with van der Waals surface area (Å²) >= 11 is 0. The van der Waals surface area contributed by atoms with Gasteiger partial charge in [-0.2, -0.15) is 0 Å². The van der Waals surface area contributed by atoms with Gasteiger partial charge in [-0.05, 0) is 31.0 Å². The first kappa shape index (κ1) is 12.9. The van der Waals surface area contributed by atoms with E-state index < -0.39 is 0 Å². The highest BCUT2D eigenvalue weighted by Crippen LogP contribution is 2.17. The lowest BCUT2D eigenvalue weighted by Crippen LogP contribution is -2.05. The Morgan fingerprint density at radius 2 is 1.90 bits per heavy atom. The van der Waals surface area contributed by atoms with E-state index in [1.54, 1.807) is 0 Å². The van der Waals surface area contributed by atoms with E-state index >= 15 is 0 Å². The van der Waals surface area contributed by atoms with Crippen molar-refractivity contribution >= 4 is 11.2 Å². The van der Waals surface area contributed by atoms with Crippen molar-refractivity contribution in [1.29, 1.82) is 0 Å². The lowest BCUT2D eigenvalue weighted by atomic mass is 10.1.